The summed E-state index contributed by atoms with van der Waals surface area (Å²) >= 11 is 0. The van der Waals surface area contributed by atoms with E-state index in [9.17, 15) is 19.5 Å². The molecule has 1 saturated heterocycles. The van der Waals surface area contributed by atoms with Gasteiger partial charge in [0.1, 0.15) is 6.10 Å². The Balaban J connectivity index is 1.47. The second-order valence-electron chi connectivity index (χ2n) is 12.7. The number of aliphatic hydroxyl groups excluding tert-OH is 1. The van der Waals surface area contributed by atoms with Crippen LogP contribution in [0.15, 0.2) is 91.0 Å². The van der Waals surface area contributed by atoms with Gasteiger partial charge >= 0.3 is 17.9 Å². The molecule has 3 aromatic rings. The van der Waals surface area contributed by atoms with Gasteiger partial charge in [-0.15, -0.1) is 0 Å². The van der Waals surface area contributed by atoms with E-state index in [0.29, 0.717) is 0 Å². The van der Waals surface area contributed by atoms with Crippen LogP contribution in [0.5, 0.6) is 0 Å². The molecular weight excluding hydrogens is 636 g/mol. The summed E-state index contributed by atoms with van der Waals surface area (Å²) in [7, 11) is 0. The van der Waals surface area contributed by atoms with Gasteiger partial charge in [0, 0.05) is 6.61 Å². The van der Waals surface area contributed by atoms with Gasteiger partial charge < -0.3 is 28.8 Å². The lowest BCUT2D eigenvalue weighted by atomic mass is 9.97. The van der Waals surface area contributed by atoms with Crippen molar-refractivity contribution in [2.24, 2.45) is 0 Å². The normalized spacial score (nSPS) is 20.2. The van der Waals surface area contributed by atoms with Crippen molar-refractivity contribution in [1.82, 2.24) is 0 Å². The highest BCUT2D eigenvalue weighted by atomic mass is 16.7. The summed E-state index contributed by atoms with van der Waals surface area (Å²) < 4.78 is 30.1. The summed E-state index contributed by atoms with van der Waals surface area (Å²) in [6.07, 6.45) is 7.86. The highest BCUT2D eigenvalue weighted by Crippen LogP contribution is 2.31. The maximum Gasteiger partial charge on any atom is 0.338 e. The number of carbonyl (C=O) groups excluding carboxylic acids is 3. The van der Waals surface area contributed by atoms with Crippen LogP contribution in [0.1, 0.15) is 115 Å². The molecule has 0 bridgehead atoms. The van der Waals surface area contributed by atoms with Gasteiger partial charge in [-0.25, -0.2) is 14.4 Å². The monoisotopic (exact) mass is 688 g/mol. The fraction of sp³-hybridized carbons (Fsp3) is 0.488. The average Bonchev–Trinajstić information content (AvgIpc) is 3.16. The van der Waals surface area contributed by atoms with E-state index >= 15 is 0 Å². The van der Waals surface area contributed by atoms with Crippen LogP contribution >= 0.6 is 0 Å². The van der Waals surface area contributed by atoms with Crippen LogP contribution in [-0.4, -0.2) is 66.9 Å². The molecule has 0 amide bonds. The molecular formula is C41H52O9. The summed E-state index contributed by atoms with van der Waals surface area (Å²) in [5.74, 6) is -2.15. The van der Waals surface area contributed by atoms with E-state index in [4.69, 9.17) is 23.7 Å². The van der Waals surface area contributed by atoms with Gasteiger partial charge in [-0.2, -0.15) is 0 Å². The Bertz CT molecular complexity index is 1400. The highest BCUT2D eigenvalue weighted by molar-refractivity contribution is 5.91. The first-order valence-corrected chi connectivity index (χ1v) is 18.2. The lowest BCUT2D eigenvalue weighted by Gasteiger charge is -2.44. The van der Waals surface area contributed by atoms with Crippen molar-refractivity contribution in [3.8, 4) is 0 Å². The highest BCUT2D eigenvalue weighted by Gasteiger charge is 2.53. The number of ether oxygens (including phenoxy) is 5. The van der Waals surface area contributed by atoms with Crippen molar-refractivity contribution in [3.05, 3.63) is 108 Å². The van der Waals surface area contributed by atoms with Crippen LogP contribution in [0.4, 0.5) is 0 Å². The van der Waals surface area contributed by atoms with Crippen molar-refractivity contribution in [2.45, 2.75) is 115 Å². The molecule has 9 heteroatoms. The van der Waals surface area contributed by atoms with Gasteiger partial charge in [-0.1, -0.05) is 132 Å². The molecule has 0 saturated carbocycles. The van der Waals surface area contributed by atoms with E-state index in [1.165, 1.54) is 51.4 Å². The third kappa shape index (κ3) is 12.4. The molecule has 5 atom stereocenters. The van der Waals surface area contributed by atoms with Crippen molar-refractivity contribution in [3.63, 3.8) is 0 Å². The number of benzene rings is 3. The molecule has 4 rings (SSSR count). The quantitative estimate of drug-likeness (QED) is 0.0673. The lowest BCUT2D eigenvalue weighted by molar-refractivity contribution is -0.298. The summed E-state index contributed by atoms with van der Waals surface area (Å²) in [5.41, 5.74) is 0.762. The first-order valence-electron chi connectivity index (χ1n) is 18.2. The van der Waals surface area contributed by atoms with Gasteiger partial charge in [0.05, 0.1) is 23.3 Å². The number of unbranched alkanes of at least 4 members (excludes halogenated alkanes) is 11. The zero-order valence-corrected chi connectivity index (χ0v) is 29.2. The molecule has 0 spiro atoms. The molecule has 1 heterocycles. The zero-order valence-electron chi connectivity index (χ0n) is 29.2. The third-order valence-electron chi connectivity index (χ3n) is 8.81. The minimum Gasteiger partial charge on any atom is -0.452 e. The lowest BCUT2D eigenvalue weighted by Crippen LogP contribution is -2.63. The van der Waals surface area contributed by atoms with E-state index in [1.54, 1.807) is 91.0 Å². The molecule has 3 aromatic carbocycles. The van der Waals surface area contributed by atoms with E-state index in [1.807, 2.05) is 0 Å². The van der Waals surface area contributed by atoms with Gasteiger partial charge in [-0.05, 0) is 42.8 Å². The van der Waals surface area contributed by atoms with Crippen molar-refractivity contribution in [2.75, 3.05) is 13.2 Å². The first-order chi connectivity index (χ1) is 24.5. The SMILES string of the molecule is CCCCCCCCCCCCCCO[C@@H]1O[C@H](CO)[C@@H](OC(=O)c2ccccc2)[C@H](OC(=O)c2ccccc2)[C@H]1OC(=O)c1ccccc1. The first kappa shape index (κ1) is 38.7. The Morgan fingerprint density at radius 3 is 1.34 bits per heavy atom. The topological polar surface area (TPSA) is 118 Å². The summed E-state index contributed by atoms with van der Waals surface area (Å²) in [4.78, 5) is 40.2. The smallest absolute Gasteiger partial charge is 0.338 e. The van der Waals surface area contributed by atoms with Crippen LogP contribution in [0.2, 0.25) is 0 Å². The van der Waals surface area contributed by atoms with Crippen LogP contribution in [0, 0.1) is 0 Å². The van der Waals surface area contributed by atoms with E-state index in [-0.39, 0.29) is 23.3 Å². The number of carbonyl (C=O) groups is 3. The van der Waals surface area contributed by atoms with Gasteiger partial charge in [0.2, 0.25) is 0 Å². The molecule has 9 nitrogen and oxygen atoms in total. The number of hydrogen-bond acceptors (Lipinski definition) is 9. The van der Waals surface area contributed by atoms with Crippen LogP contribution < -0.4 is 0 Å². The predicted octanol–water partition coefficient (Wildman–Crippen LogP) is 8.10. The zero-order chi connectivity index (χ0) is 35.4. The largest absolute Gasteiger partial charge is 0.452 e. The molecule has 1 fully saturated rings. The van der Waals surface area contributed by atoms with Crippen molar-refractivity contribution < 1.29 is 43.2 Å². The Kier molecular flexibility index (Phi) is 17.0. The van der Waals surface area contributed by atoms with Gasteiger partial charge in [-0.3, -0.25) is 0 Å². The van der Waals surface area contributed by atoms with Crippen molar-refractivity contribution in [1.29, 1.82) is 0 Å². The second-order valence-corrected chi connectivity index (χ2v) is 12.7. The Morgan fingerprint density at radius 2 is 0.920 bits per heavy atom. The summed E-state index contributed by atoms with van der Waals surface area (Å²) in [5, 5.41) is 10.4. The molecule has 0 aromatic heterocycles. The minimum absolute atomic E-state index is 0.245. The molecule has 0 aliphatic carbocycles. The fourth-order valence-electron chi connectivity index (χ4n) is 6.00. The molecule has 1 N–H and O–H groups in total. The van der Waals surface area contributed by atoms with Crippen LogP contribution in [0.25, 0.3) is 0 Å². The van der Waals surface area contributed by atoms with Crippen LogP contribution in [-0.2, 0) is 23.7 Å². The molecule has 1 aliphatic rings. The number of esters is 3. The van der Waals surface area contributed by atoms with Crippen LogP contribution in [0.3, 0.4) is 0 Å². The Morgan fingerprint density at radius 1 is 0.540 bits per heavy atom. The molecule has 50 heavy (non-hydrogen) atoms. The summed E-state index contributed by atoms with van der Waals surface area (Å²) in [6.45, 7) is 1.94. The molecule has 0 radical (unpaired) electrons. The fourth-order valence-corrected chi connectivity index (χ4v) is 6.00. The standard InChI is InChI=1S/C41H52O9/c1-2-3-4-5-6-7-8-9-10-11-12-22-29-46-41-37(50-40(45)33-27-20-15-21-28-33)36(49-39(44)32-25-18-14-19-26-32)35(34(30-42)47-41)48-38(43)31-23-16-13-17-24-31/h13-21,23-28,34-37,41-42H,2-12,22,29-30H2,1H3/t34-,35-,36+,37-,41-/m1/s1. The van der Waals surface area contributed by atoms with E-state index in [0.717, 1.165) is 25.7 Å². The summed E-state index contributed by atoms with van der Waals surface area (Å²) in [6, 6.07) is 25.0. The average molecular weight is 689 g/mol. The number of rotatable bonds is 21. The van der Waals surface area contributed by atoms with E-state index < -0.39 is 55.2 Å². The molecule has 270 valence electrons. The number of hydrogen-bond donors (Lipinski definition) is 1. The molecule has 1 aliphatic heterocycles. The second kappa shape index (κ2) is 21.9. The third-order valence-corrected chi connectivity index (χ3v) is 8.81. The predicted molar refractivity (Wildman–Crippen MR) is 190 cm³/mol. The Labute approximate surface area is 296 Å². The van der Waals surface area contributed by atoms with Crippen molar-refractivity contribution >= 4 is 17.9 Å². The maximum atomic E-state index is 13.5. The van der Waals surface area contributed by atoms with Gasteiger partial charge in [0.15, 0.2) is 24.6 Å². The van der Waals surface area contributed by atoms with E-state index in [2.05, 4.69) is 6.92 Å². The molecule has 0 unspecified atom stereocenters. The van der Waals surface area contributed by atoms with Gasteiger partial charge in [0.25, 0.3) is 0 Å². The Hall–Kier alpha value is -4.05. The minimum atomic E-state index is -1.37. The number of aliphatic hydroxyl groups is 1. The maximum absolute atomic E-state index is 13.5.